The number of aromatic hydroxyl groups is 1. The van der Waals surface area contributed by atoms with Crippen molar-refractivity contribution in [2.24, 2.45) is 5.41 Å². The number of carbonyl (C=O) groups excluding carboxylic acids is 1. The molecule has 0 unspecified atom stereocenters. The van der Waals surface area contributed by atoms with Crippen LogP contribution in [0.1, 0.15) is 102 Å². The van der Waals surface area contributed by atoms with Crippen molar-refractivity contribution in [2.45, 2.75) is 121 Å². The first-order chi connectivity index (χ1) is 16.3. The van der Waals surface area contributed by atoms with E-state index < -0.39 is 0 Å². The first kappa shape index (κ1) is 25.5. The molecule has 0 aromatic heterocycles. The second-order valence-electron chi connectivity index (χ2n) is 11.9. The van der Waals surface area contributed by atoms with E-state index in [4.69, 9.17) is 4.74 Å². The number of fused-ring (bicyclic) bond motifs is 1. The summed E-state index contributed by atoms with van der Waals surface area (Å²) in [4.78, 5) is 13.0. The monoisotopic (exact) mass is 470 g/mol. The van der Waals surface area contributed by atoms with Gasteiger partial charge in [-0.1, -0.05) is 58.4 Å². The van der Waals surface area contributed by atoms with Crippen molar-refractivity contribution in [2.75, 3.05) is 13.7 Å². The Hall–Kier alpha value is -1.59. The van der Waals surface area contributed by atoms with Crippen molar-refractivity contribution in [3.8, 4) is 5.75 Å². The summed E-state index contributed by atoms with van der Waals surface area (Å²) in [6, 6.07) is 6.29. The first-order valence-electron chi connectivity index (χ1n) is 13.7. The van der Waals surface area contributed by atoms with Crippen molar-refractivity contribution in [3.63, 3.8) is 0 Å². The zero-order valence-corrected chi connectivity index (χ0v) is 21.6. The van der Waals surface area contributed by atoms with Gasteiger partial charge in [-0.05, 0) is 67.3 Å². The van der Waals surface area contributed by atoms with Gasteiger partial charge in [0.1, 0.15) is 5.75 Å². The normalized spacial score (nSPS) is 26.6. The maximum atomic E-state index is 13.0. The number of hydrogen-bond donors (Lipinski definition) is 3. The molecule has 0 radical (unpaired) electrons. The number of carbonyl (C=O) groups is 1. The molecule has 5 nitrogen and oxygen atoms in total. The molecule has 190 valence electrons. The second-order valence-corrected chi connectivity index (χ2v) is 11.9. The molecule has 2 saturated carbocycles. The maximum absolute atomic E-state index is 13.0. The van der Waals surface area contributed by atoms with Crippen LogP contribution in [0.2, 0.25) is 0 Å². The Morgan fingerprint density at radius 3 is 2.50 bits per heavy atom. The topological polar surface area (TPSA) is 70.6 Å². The van der Waals surface area contributed by atoms with Crippen molar-refractivity contribution in [1.29, 1.82) is 0 Å². The van der Waals surface area contributed by atoms with E-state index in [1.54, 1.807) is 13.2 Å². The number of nitrogens with one attached hydrogen (secondary N) is 2. The standard InChI is InChI=1S/C29H46N2O3/c1-28(2)24-19-23(32)13-12-21(24)18-25(34-3)27(28)30-17-16-29(14-8-5-9-15-29)20-26(33)31-22-10-6-4-7-11-22/h12-13,19,22,25,27,30,32H,4-11,14-18,20H2,1-3H3,(H,31,33)/t25-,27+/m0/s1. The summed E-state index contributed by atoms with van der Waals surface area (Å²) < 4.78 is 5.95. The van der Waals surface area contributed by atoms with Crippen LogP contribution in [0.4, 0.5) is 0 Å². The van der Waals surface area contributed by atoms with Crippen molar-refractivity contribution in [1.82, 2.24) is 10.6 Å². The highest BCUT2D eigenvalue weighted by Gasteiger charge is 2.43. The van der Waals surface area contributed by atoms with Gasteiger partial charge in [-0.15, -0.1) is 0 Å². The zero-order chi connectivity index (χ0) is 24.2. The molecule has 3 aliphatic carbocycles. The number of benzene rings is 1. The van der Waals surface area contributed by atoms with Crippen LogP contribution in [-0.4, -0.2) is 42.9 Å². The fourth-order valence-electron chi connectivity index (χ4n) is 7.09. The number of methoxy groups -OCH3 is 1. The quantitative estimate of drug-likeness (QED) is 0.477. The largest absolute Gasteiger partial charge is 0.508 e. The van der Waals surface area contributed by atoms with E-state index in [9.17, 15) is 9.90 Å². The number of amides is 1. The summed E-state index contributed by atoms with van der Waals surface area (Å²) in [6.45, 7) is 5.39. The summed E-state index contributed by atoms with van der Waals surface area (Å²) in [7, 11) is 1.80. The van der Waals surface area contributed by atoms with Crippen molar-refractivity contribution >= 4 is 5.91 Å². The van der Waals surface area contributed by atoms with Crippen LogP contribution in [0.5, 0.6) is 5.75 Å². The van der Waals surface area contributed by atoms with Crippen LogP contribution in [0.25, 0.3) is 0 Å². The predicted octanol–water partition coefficient (Wildman–Crippen LogP) is 5.38. The lowest BCUT2D eigenvalue weighted by atomic mass is 9.67. The molecule has 0 heterocycles. The van der Waals surface area contributed by atoms with E-state index in [2.05, 4.69) is 24.5 Å². The maximum Gasteiger partial charge on any atom is 0.220 e. The molecular weight excluding hydrogens is 424 g/mol. The Kier molecular flexibility index (Phi) is 8.24. The lowest BCUT2D eigenvalue weighted by Gasteiger charge is -2.46. The molecular formula is C29H46N2O3. The van der Waals surface area contributed by atoms with Crippen LogP contribution in [0, 0.1) is 5.41 Å². The van der Waals surface area contributed by atoms with Gasteiger partial charge in [-0.2, -0.15) is 0 Å². The molecule has 0 spiro atoms. The molecule has 1 amide bonds. The van der Waals surface area contributed by atoms with Gasteiger partial charge in [0.25, 0.3) is 0 Å². The number of hydrogen-bond acceptors (Lipinski definition) is 4. The van der Waals surface area contributed by atoms with Gasteiger partial charge in [0, 0.05) is 37.5 Å². The van der Waals surface area contributed by atoms with E-state index in [0.29, 0.717) is 18.2 Å². The highest BCUT2D eigenvalue weighted by atomic mass is 16.5. The predicted molar refractivity (Wildman–Crippen MR) is 137 cm³/mol. The van der Waals surface area contributed by atoms with Gasteiger partial charge in [0.15, 0.2) is 0 Å². The fraction of sp³-hybridized carbons (Fsp3) is 0.759. The molecule has 2 atom stereocenters. The minimum Gasteiger partial charge on any atom is -0.508 e. The van der Waals surface area contributed by atoms with E-state index in [1.807, 2.05) is 12.1 Å². The molecule has 3 N–H and O–H groups in total. The molecule has 3 aliphatic rings. The van der Waals surface area contributed by atoms with Crippen LogP contribution in [0.3, 0.4) is 0 Å². The Bertz CT molecular complexity index is 825. The van der Waals surface area contributed by atoms with Crippen molar-refractivity contribution in [3.05, 3.63) is 29.3 Å². The number of ether oxygens (including phenoxy) is 1. The van der Waals surface area contributed by atoms with Crippen LogP contribution < -0.4 is 10.6 Å². The highest BCUT2D eigenvalue weighted by Crippen LogP contribution is 2.43. The Morgan fingerprint density at radius 1 is 1.09 bits per heavy atom. The lowest BCUT2D eigenvalue weighted by Crippen LogP contribution is -2.57. The number of phenolic OH excluding ortho intramolecular Hbond substituents is 1. The zero-order valence-electron chi connectivity index (χ0n) is 21.6. The Balaban J connectivity index is 1.40. The van der Waals surface area contributed by atoms with Gasteiger partial charge in [-0.25, -0.2) is 0 Å². The van der Waals surface area contributed by atoms with E-state index in [-0.39, 0.29) is 28.9 Å². The second kappa shape index (κ2) is 11.0. The van der Waals surface area contributed by atoms with Crippen LogP contribution in [-0.2, 0) is 21.4 Å². The minimum absolute atomic E-state index is 0.0870. The third kappa shape index (κ3) is 5.79. The third-order valence-electron chi connectivity index (χ3n) is 9.10. The van der Waals surface area contributed by atoms with Gasteiger partial charge in [0.2, 0.25) is 5.91 Å². The minimum atomic E-state index is -0.162. The summed E-state index contributed by atoms with van der Waals surface area (Å²) in [6.07, 6.45) is 14.8. The summed E-state index contributed by atoms with van der Waals surface area (Å²) >= 11 is 0. The molecule has 0 aliphatic heterocycles. The SMILES string of the molecule is CO[C@H]1Cc2ccc(O)cc2C(C)(C)[C@@H]1NCCC1(CC(=O)NC2CCCCC2)CCCCC1. The third-order valence-corrected chi connectivity index (χ3v) is 9.10. The molecule has 0 saturated heterocycles. The number of phenols is 1. The molecule has 1 aromatic rings. The fourth-order valence-corrected chi connectivity index (χ4v) is 7.09. The van der Waals surface area contributed by atoms with Gasteiger partial charge >= 0.3 is 0 Å². The van der Waals surface area contributed by atoms with E-state index >= 15 is 0 Å². The van der Waals surface area contributed by atoms with E-state index in [0.717, 1.165) is 45.1 Å². The number of rotatable bonds is 8. The van der Waals surface area contributed by atoms with E-state index in [1.165, 1.54) is 49.7 Å². The average Bonchev–Trinajstić information content (AvgIpc) is 2.82. The molecule has 2 fully saturated rings. The van der Waals surface area contributed by atoms with Crippen molar-refractivity contribution < 1.29 is 14.6 Å². The first-order valence-corrected chi connectivity index (χ1v) is 13.7. The summed E-state index contributed by atoms with van der Waals surface area (Å²) in [5.74, 6) is 0.595. The van der Waals surface area contributed by atoms with Gasteiger partial charge in [-0.3, -0.25) is 4.79 Å². The van der Waals surface area contributed by atoms with Crippen LogP contribution in [0.15, 0.2) is 18.2 Å². The summed E-state index contributed by atoms with van der Waals surface area (Å²) in [5, 5.41) is 17.4. The average molecular weight is 471 g/mol. The van der Waals surface area contributed by atoms with Gasteiger partial charge < -0.3 is 20.5 Å². The Labute approximate surface area is 206 Å². The molecule has 4 rings (SSSR count). The lowest BCUT2D eigenvalue weighted by molar-refractivity contribution is -0.125. The highest BCUT2D eigenvalue weighted by molar-refractivity contribution is 5.77. The molecule has 1 aromatic carbocycles. The van der Waals surface area contributed by atoms with Crippen LogP contribution >= 0.6 is 0 Å². The van der Waals surface area contributed by atoms with Gasteiger partial charge in [0.05, 0.1) is 6.10 Å². The Morgan fingerprint density at radius 2 is 1.79 bits per heavy atom. The smallest absolute Gasteiger partial charge is 0.220 e. The molecule has 34 heavy (non-hydrogen) atoms. The molecule has 0 bridgehead atoms. The summed E-state index contributed by atoms with van der Waals surface area (Å²) in [5.41, 5.74) is 2.42. The molecule has 5 heteroatoms.